The van der Waals surface area contributed by atoms with Gasteiger partial charge in [0.2, 0.25) is 0 Å². The highest BCUT2D eigenvalue weighted by atomic mass is 32.2. The summed E-state index contributed by atoms with van der Waals surface area (Å²) < 4.78 is 0. The van der Waals surface area contributed by atoms with E-state index in [0.717, 1.165) is 18.0 Å². The van der Waals surface area contributed by atoms with Gasteiger partial charge in [0.25, 0.3) is 5.56 Å². The van der Waals surface area contributed by atoms with Crippen LogP contribution in [0.4, 0.5) is 0 Å². The smallest absolute Gasteiger partial charge is 0.251 e. The molecule has 0 aromatic carbocycles. The third kappa shape index (κ3) is 3.23. The molecule has 2 rings (SSSR count). The number of thioether (sulfide) groups is 1. The highest BCUT2D eigenvalue weighted by molar-refractivity contribution is 7.99. The summed E-state index contributed by atoms with van der Waals surface area (Å²) in [5.74, 6) is 0.807. The Labute approximate surface area is 104 Å². The zero-order valence-electron chi connectivity index (χ0n) is 9.91. The maximum absolute atomic E-state index is 11.3. The molecule has 1 aromatic rings. The highest BCUT2D eigenvalue weighted by Crippen LogP contribution is 2.20. The predicted octanol–water partition coefficient (Wildman–Crippen LogP) is 1.60. The zero-order valence-corrected chi connectivity index (χ0v) is 10.7. The molecule has 1 aliphatic heterocycles. The molecule has 1 aliphatic rings. The number of allylic oxidation sites excluding steroid dienone is 1. The Hall–Kier alpha value is -1.49. The third-order valence-electron chi connectivity index (χ3n) is 2.52. The summed E-state index contributed by atoms with van der Waals surface area (Å²) in [4.78, 5) is 18.3. The van der Waals surface area contributed by atoms with Crippen LogP contribution in [-0.2, 0) is 0 Å². The van der Waals surface area contributed by atoms with E-state index in [1.807, 2.05) is 13.1 Å². The first kappa shape index (κ1) is 12.0. The Morgan fingerprint density at radius 1 is 1.47 bits per heavy atom. The highest BCUT2D eigenvalue weighted by Gasteiger charge is 2.06. The summed E-state index contributed by atoms with van der Waals surface area (Å²) in [5.41, 5.74) is 3.18. The molecule has 1 aromatic heterocycles. The molecule has 0 saturated heterocycles. The molecule has 0 bridgehead atoms. The molecule has 2 heterocycles. The molecule has 0 radical (unpaired) electrons. The molecule has 0 amide bonds. The molecule has 90 valence electrons. The van der Waals surface area contributed by atoms with Gasteiger partial charge in [0.15, 0.2) is 5.16 Å². The van der Waals surface area contributed by atoms with E-state index in [4.69, 9.17) is 0 Å². The lowest BCUT2D eigenvalue weighted by Gasteiger charge is -2.13. The Morgan fingerprint density at radius 3 is 3.00 bits per heavy atom. The maximum atomic E-state index is 11.3. The van der Waals surface area contributed by atoms with E-state index in [2.05, 4.69) is 28.3 Å². The average Bonchev–Trinajstić information content (AvgIpc) is 2.27. The Bertz CT molecular complexity index is 531. The van der Waals surface area contributed by atoms with Crippen LogP contribution in [0.1, 0.15) is 12.6 Å². The van der Waals surface area contributed by atoms with Crippen LogP contribution >= 0.6 is 11.8 Å². The summed E-state index contributed by atoms with van der Waals surface area (Å²) in [5, 5.41) is 3.86. The number of nitrogens with one attached hydrogen (secondary N) is 2. The molecule has 2 N–H and O–H groups in total. The number of aromatic amines is 1. The third-order valence-corrected chi connectivity index (χ3v) is 3.44. The average molecular weight is 249 g/mol. The van der Waals surface area contributed by atoms with Crippen molar-refractivity contribution < 1.29 is 0 Å². The predicted molar refractivity (Wildman–Crippen MR) is 70.2 cm³/mol. The zero-order chi connectivity index (χ0) is 12.3. The van der Waals surface area contributed by atoms with Crippen LogP contribution < -0.4 is 10.9 Å². The van der Waals surface area contributed by atoms with Gasteiger partial charge < -0.3 is 10.3 Å². The summed E-state index contributed by atoms with van der Waals surface area (Å²) in [6.07, 6.45) is 4.18. The molecule has 17 heavy (non-hydrogen) atoms. The fraction of sp³-hybridized carbons (Fsp3) is 0.333. The van der Waals surface area contributed by atoms with Gasteiger partial charge in [-0.15, -0.1) is 0 Å². The van der Waals surface area contributed by atoms with E-state index in [0.29, 0.717) is 5.16 Å². The lowest BCUT2D eigenvalue weighted by Crippen LogP contribution is -2.13. The monoisotopic (exact) mass is 249 g/mol. The number of dihydropyridines is 1. The molecule has 0 fully saturated rings. The van der Waals surface area contributed by atoms with Gasteiger partial charge in [0.1, 0.15) is 0 Å². The minimum atomic E-state index is -0.0944. The standard InChI is InChI=1S/C12H15N3OS/c1-8-3-4-13-6-10(8)7-17-12-14-9(2)5-11(16)15-12/h3,5-6,13H,4,7H2,1-2H3,(H,14,15,16). The van der Waals surface area contributed by atoms with Crippen molar-refractivity contribution in [3.05, 3.63) is 45.5 Å². The second-order valence-electron chi connectivity index (χ2n) is 3.95. The first-order valence-electron chi connectivity index (χ1n) is 5.45. The molecule has 0 aliphatic carbocycles. The number of H-pyrrole nitrogens is 1. The number of hydrogen-bond donors (Lipinski definition) is 2. The molecule has 0 spiro atoms. The minimum absolute atomic E-state index is 0.0944. The van der Waals surface area contributed by atoms with Gasteiger partial charge in [-0.25, -0.2) is 4.98 Å². The summed E-state index contributed by atoms with van der Waals surface area (Å²) in [6, 6.07) is 1.50. The Kier molecular flexibility index (Phi) is 3.68. The molecular formula is C12H15N3OS. The molecule has 0 unspecified atom stereocenters. The van der Waals surface area contributed by atoms with E-state index in [-0.39, 0.29) is 5.56 Å². The van der Waals surface area contributed by atoms with Crippen molar-refractivity contribution in [1.82, 2.24) is 15.3 Å². The lowest BCUT2D eigenvalue weighted by molar-refractivity contribution is 0.904. The Balaban J connectivity index is 2.05. The number of rotatable bonds is 3. The van der Waals surface area contributed by atoms with E-state index in [1.165, 1.54) is 17.2 Å². The molecule has 0 atom stereocenters. The summed E-state index contributed by atoms with van der Waals surface area (Å²) >= 11 is 1.54. The van der Waals surface area contributed by atoms with E-state index in [1.54, 1.807) is 11.8 Å². The molecule has 4 nitrogen and oxygen atoms in total. The first-order valence-corrected chi connectivity index (χ1v) is 6.44. The topological polar surface area (TPSA) is 57.8 Å². The van der Waals surface area contributed by atoms with Gasteiger partial charge in [-0.05, 0) is 25.0 Å². The summed E-state index contributed by atoms with van der Waals surface area (Å²) in [7, 11) is 0. The normalized spacial score (nSPS) is 14.9. The van der Waals surface area contributed by atoms with Crippen LogP contribution in [0.5, 0.6) is 0 Å². The number of aryl methyl sites for hydroxylation is 1. The van der Waals surface area contributed by atoms with Crippen LogP contribution in [0.15, 0.2) is 39.4 Å². The van der Waals surface area contributed by atoms with Crippen molar-refractivity contribution in [2.45, 2.75) is 19.0 Å². The van der Waals surface area contributed by atoms with Gasteiger partial charge in [-0.2, -0.15) is 0 Å². The largest absolute Gasteiger partial charge is 0.387 e. The van der Waals surface area contributed by atoms with Crippen molar-refractivity contribution in [2.24, 2.45) is 0 Å². The van der Waals surface area contributed by atoms with Gasteiger partial charge >= 0.3 is 0 Å². The van der Waals surface area contributed by atoms with Gasteiger partial charge in [-0.1, -0.05) is 17.8 Å². The second-order valence-corrected chi connectivity index (χ2v) is 4.91. The minimum Gasteiger partial charge on any atom is -0.387 e. The van der Waals surface area contributed by atoms with Crippen molar-refractivity contribution in [1.29, 1.82) is 0 Å². The fourth-order valence-corrected chi connectivity index (χ4v) is 2.55. The number of hydrogen-bond acceptors (Lipinski definition) is 4. The van der Waals surface area contributed by atoms with E-state index >= 15 is 0 Å². The quantitative estimate of drug-likeness (QED) is 0.631. The van der Waals surface area contributed by atoms with Gasteiger partial charge in [-0.3, -0.25) is 4.79 Å². The van der Waals surface area contributed by atoms with Crippen molar-refractivity contribution in [3.8, 4) is 0 Å². The summed E-state index contributed by atoms with van der Waals surface area (Å²) in [6.45, 7) is 4.81. The molecule has 5 heteroatoms. The van der Waals surface area contributed by atoms with Gasteiger partial charge in [0.05, 0.1) is 0 Å². The second kappa shape index (κ2) is 5.23. The van der Waals surface area contributed by atoms with Gasteiger partial charge in [0, 0.05) is 30.3 Å². The molecule has 0 saturated carbocycles. The maximum Gasteiger partial charge on any atom is 0.251 e. The molecular weight excluding hydrogens is 234 g/mol. The van der Waals surface area contributed by atoms with Crippen LogP contribution in [0.2, 0.25) is 0 Å². The van der Waals surface area contributed by atoms with E-state index < -0.39 is 0 Å². The number of aromatic nitrogens is 2. The van der Waals surface area contributed by atoms with Crippen molar-refractivity contribution in [2.75, 3.05) is 12.3 Å². The van der Waals surface area contributed by atoms with Crippen LogP contribution in [0.25, 0.3) is 0 Å². The van der Waals surface area contributed by atoms with Crippen molar-refractivity contribution in [3.63, 3.8) is 0 Å². The van der Waals surface area contributed by atoms with Crippen LogP contribution in [-0.4, -0.2) is 22.3 Å². The lowest BCUT2D eigenvalue weighted by atomic mass is 10.1. The Morgan fingerprint density at radius 2 is 2.29 bits per heavy atom. The fourth-order valence-electron chi connectivity index (χ4n) is 1.56. The first-order chi connectivity index (χ1) is 8.15. The van der Waals surface area contributed by atoms with Crippen LogP contribution in [0.3, 0.4) is 0 Å². The SMILES string of the molecule is CC1=CCNC=C1CSc1nc(C)cc(=O)[nH]1. The number of nitrogens with zero attached hydrogens (tertiary/aromatic N) is 1. The van der Waals surface area contributed by atoms with Crippen molar-refractivity contribution >= 4 is 11.8 Å². The van der Waals surface area contributed by atoms with E-state index in [9.17, 15) is 4.79 Å². The van der Waals surface area contributed by atoms with Crippen LogP contribution in [0, 0.1) is 6.92 Å².